The number of nitrogens with zero attached hydrogens (tertiary/aromatic N) is 3. The summed E-state index contributed by atoms with van der Waals surface area (Å²) in [7, 11) is 0. The van der Waals surface area contributed by atoms with Gasteiger partial charge in [0.25, 0.3) is 5.56 Å². The molecule has 0 radical (unpaired) electrons. The van der Waals surface area contributed by atoms with Gasteiger partial charge in [0.15, 0.2) is 0 Å². The molecule has 1 N–H and O–H groups in total. The molecule has 6 heteroatoms. The van der Waals surface area contributed by atoms with Crippen LogP contribution < -0.4 is 5.56 Å². The fourth-order valence-corrected chi connectivity index (χ4v) is 3.82. The fraction of sp³-hybridized carbons (Fsp3) is 0.136. The Morgan fingerprint density at radius 3 is 2.54 bits per heavy atom. The first-order valence-corrected chi connectivity index (χ1v) is 9.84. The quantitative estimate of drug-likeness (QED) is 0.465. The highest BCUT2D eigenvalue weighted by Crippen LogP contribution is 2.33. The van der Waals surface area contributed by atoms with Gasteiger partial charge >= 0.3 is 0 Å². The Balaban J connectivity index is 1.88. The summed E-state index contributed by atoms with van der Waals surface area (Å²) in [5.74, 6) is 0.725. The van der Waals surface area contributed by atoms with Crippen LogP contribution in [0.2, 0.25) is 0 Å². The number of phenols is 1. The average Bonchev–Trinajstić information content (AvgIpc) is 2.71. The van der Waals surface area contributed by atoms with Crippen LogP contribution in [0.1, 0.15) is 24.7 Å². The lowest BCUT2D eigenvalue weighted by Crippen LogP contribution is -2.22. The second-order valence-electron chi connectivity index (χ2n) is 6.50. The van der Waals surface area contributed by atoms with Crippen LogP contribution in [0.5, 0.6) is 5.75 Å². The molecule has 140 valence electrons. The van der Waals surface area contributed by atoms with Gasteiger partial charge in [0.2, 0.25) is 0 Å². The van der Waals surface area contributed by atoms with Crippen molar-refractivity contribution in [3.8, 4) is 5.75 Å². The number of hydrogen-bond acceptors (Lipinski definition) is 4. The molecule has 0 atom stereocenters. The van der Waals surface area contributed by atoms with E-state index in [0.29, 0.717) is 28.7 Å². The van der Waals surface area contributed by atoms with Crippen LogP contribution in [0, 0.1) is 0 Å². The van der Waals surface area contributed by atoms with E-state index in [2.05, 4.69) is 26.0 Å². The van der Waals surface area contributed by atoms with E-state index in [1.54, 1.807) is 12.1 Å². The van der Waals surface area contributed by atoms with Crippen molar-refractivity contribution >= 4 is 43.8 Å². The van der Waals surface area contributed by atoms with Crippen molar-refractivity contribution in [1.29, 1.82) is 0 Å². The number of aryl methyl sites for hydroxylation is 1. The largest absolute Gasteiger partial charge is 0.507 e. The molecular weight excluding hydrogens is 418 g/mol. The van der Waals surface area contributed by atoms with Crippen molar-refractivity contribution in [2.45, 2.75) is 19.8 Å². The second-order valence-corrected chi connectivity index (χ2v) is 7.35. The van der Waals surface area contributed by atoms with E-state index < -0.39 is 0 Å². The van der Waals surface area contributed by atoms with Gasteiger partial charge in [0, 0.05) is 21.8 Å². The Hall–Kier alpha value is -2.99. The Labute approximate surface area is 170 Å². The first kappa shape index (κ1) is 18.4. The van der Waals surface area contributed by atoms with E-state index in [1.165, 1.54) is 10.9 Å². The highest BCUT2D eigenvalue weighted by Gasteiger charge is 2.11. The van der Waals surface area contributed by atoms with Gasteiger partial charge in [-0.15, -0.1) is 0 Å². The SMILES string of the molecule is CCCc1nc2ccccc2c(=O)n1/N=C/c1cc(Br)c2ccccc2c1O. The van der Waals surface area contributed by atoms with Crippen LogP contribution >= 0.6 is 15.9 Å². The highest BCUT2D eigenvalue weighted by atomic mass is 79.9. The normalized spacial score (nSPS) is 11.6. The number of benzene rings is 3. The lowest BCUT2D eigenvalue weighted by atomic mass is 10.1. The molecule has 5 nitrogen and oxygen atoms in total. The molecule has 0 aliphatic carbocycles. The maximum atomic E-state index is 12.9. The number of phenolic OH excluding ortho intramolecular Hbond substituents is 1. The minimum absolute atomic E-state index is 0.126. The smallest absolute Gasteiger partial charge is 0.282 e. The van der Waals surface area contributed by atoms with Gasteiger partial charge in [-0.1, -0.05) is 59.3 Å². The molecule has 0 bridgehead atoms. The minimum Gasteiger partial charge on any atom is -0.507 e. The van der Waals surface area contributed by atoms with Gasteiger partial charge in [-0.3, -0.25) is 4.79 Å². The van der Waals surface area contributed by atoms with Crippen molar-refractivity contribution in [2.75, 3.05) is 0 Å². The summed E-state index contributed by atoms with van der Waals surface area (Å²) in [6.07, 6.45) is 2.97. The fourth-order valence-electron chi connectivity index (χ4n) is 3.23. The third-order valence-corrected chi connectivity index (χ3v) is 5.26. The van der Waals surface area contributed by atoms with E-state index in [9.17, 15) is 9.90 Å². The summed E-state index contributed by atoms with van der Waals surface area (Å²) in [5, 5.41) is 17.2. The molecule has 0 aliphatic rings. The molecule has 0 saturated carbocycles. The van der Waals surface area contributed by atoms with Crippen molar-refractivity contribution in [3.63, 3.8) is 0 Å². The molecule has 0 spiro atoms. The molecule has 0 amide bonds. The number of aromatic nitrogens is 2. The van der Waals surface area contributed by atoms with Gasteiger partial charge < -0.3 is 5.11 Å². The predicted octanol–water partition coefficient (Wildman–Crippen LogP) is 4.85. The van der Waals surface area contributed by atoms with Gasteiger partial charge in [0.05, 0.1) is 17.1 Å². The number of fused-ring (bicyclic) bond motifs is 2. The van der Waals surface area contributed by atoms with Crippen LogP contribution in [0.3, 0.4) is 0 Å². The monoisotopic (exact) mass is 435 g/mol. The van der Waals surface area contributed by atoms with Gasteiger partial charge in [-0.2, -0.15) is 9.78 Å². The van der Waals surface area contributed by atoms with Crippen molar-refractivity contribution < 1.29 is 5.11 Å². The highest BCUT2D eigenvalue weighted by molar-refractivity contribution is 9.10. The summed E-state index contributed by atoms with van der Waals surface area (Å²) in [6, 6.07) is 16.6. The average molecular weight is 436 g/mol. The lowest BCUT2D eigenvalue weighted by Gasteiger charge is -2.09. The third kappa shape index (κ3) is 3.20. The topological polar surface area (TPSA) is 67.5 Å². The predicted molar refractivity (Wildman–Crippen MR) is 116 cm³/mol. The Morgan fingerprint density at radius 1 is 1.11 bits per heavy atom. The summed E-state index contributed by atoms with van der Waals surface area (Å²) in [6.45, 7) is 2.03. The third-order valence-electron chi connectivity index (χ3n) is 4.60. The van der Waals surface area contributed by atoms with Crippen LogP contribution in [0.25, 0.3) is 21.7 Å². The van der Waals surface area contributed by atoms with Crippen LogP contribution in [0.4, 0.5) is 0 Å². The molecule has 0 fully saturated rings. The van der Waals surface area contributed by atoms with E-state index in [4.69, 9.17) is 0 Å². The van der Waals surface area contributed by atoms with E-state index in [0.717, 1.165) is 21.7 Å². The minimum atomic E-state index is -0.218. The number of para-hydroxylation sites is 1. The zero-order chi connectivity index (χ0) is 19.7. The molecule has 4 rings (SSSR count). The summed E-state index contributed by atoms with van der Waals surface area (Å²) < 4.78 is 2.18. The Kier molecular flexibility index (Phi) is 4.96. The molecule has 0 saturated heterocycles. The Bertz CT molecular complexity index is 1280. The number of hydrogen-bond donors (Lipinski definition) is 1. The van der Waals surface area contributed by atoms with E-state index in [1.807, 2.05) is 49.4 Å². The first-order valence-electron chi connectivity index (χ1n) is 9.05. The summed E-state index contributed by atoms with van der Waals surface area (Å²) in [5.41, 5.74) is 0.969. The van der Waals surface area contributed by atoms with Crippen molar-refractivity contribution in [1.82, 2.24) is 9.66 Å². The second kappa shape index (κ2) is 7.56. The van der Waals surface area contributed by atoms with Crippen LogP contribution in [-0.2, 0) is 6.42 Å². The standard InChI is InChI=1S/C22H18BrN3O2/c1-2-7-20-25-19-11-6-5-10-17(19)22(28)26(20)24-13-14-12-18(23)15-8-3-4-9-16(15)21(14)27/h3-6,8-13,27H,2,7H2,1H3/b24-13+. The maximum absolute atomic E-state index is 12.9. The van der Waals surface area contributed by atoms with E-state index >= 15 is 0 Å². The summed E-state index contributed by atoms with van der Waals surface area (Å²) in [4.78, 5) is 17.6. The molecule has 1 aromatic heterocycles. The van der Waals surface area contributed by atoms with Crippen molar-refractivity contribution in [2.24, 2.45) is 5.10 Å². The number of halogens is 1. The van der Waals surface area contributed by atoms with Crippen LogP contribution in [0.15, 0.2) is 69.0 Å². The zero-order valence-corrected chi connectivity index (χ0v) is 16.8. The molecule has 3 aromatic carbocycles. The van der Waals surface area contributed by atoms with Gasteiger partial charge in [-0.25, -0.2) is 4.98 Å². The molecule has 28 heavy (non-hydrogen) atoms. The maximum Gasteiger partial charge on any atom is 0.282 e. The molecule has 4 aromatic rings. The van der Waals surface area contributed by atoms with E-state index in [-0.39, 0.29) is 11.3 Å². The van der Waals surface area contributed by atoms with Crippen LogP contribution in [-0.4, -0.2) is 21.0 Å². The Morgan fingerprint density at radius 2 is 1.79 bits per heavy atom. The van der Waals surface area contributed by atoms with Gasteiger partial charge in [-0.05, 0) is 30.0 Å². The lowest BCUT2D eigenvalue weighted by molar-refractivity contribution is 0.480. The molecule has 0 aliphatic heterocycles. The number of rotatable bonds is 4. The molecule has 1 heterocycles. The van der Waals surface area contributed by atoms with Crippen molar-refractivity contribution in [3.05, 3.63) is 80.8 Å². The zero-order valence-electron chi connectivity index (χ0n) is 15.3. The summed E-state index contributed by atoms with van der Waals surface area (Å²) >= 11 is 3.54. The first-order chi connectivity index (χ1) is 13.6. The molecule has 0 unspecified atom stereocenters. The molecular formula is C22H18BrN3O2. The number of aromatic hydroxyl groups is 1. The van der Waals surface area contributed by atoms with Gasteiger partial charge in [0.1, 0.15) is 11.6 Å².